The third-order valence-electron chi connectivity index (χ3n) is 5.30. The first-order valence-electron chi connectivity index (χ1n) is 10.1. The van der Waals surface area contributed by atoms with E-state index in [1.54, 1.807) is 0 Å². The van der Waals surface area contributed by atoms with Gasteiger partial charge in [0, 0.05) is 25.4 Å². The molecule has 0 amide bonds. The highest BCUT2D eigenvalue weighted by atomic mass is 28.4. The molecule has 0 aromatic rings. The molecule has 0 saturated carbocycles. The predicted octanol–water partition coefficient (Wildman–Crippen LogP) is 3.70. The van der Waals surface area contributed by atoms with Crippen LogP contribution in [0.3, 0.4) is 0 Å². The van der Waals surface area contributed by atoms with Crippen LogP contribution in [0.25, 0.3) is 10.4 Å². The van der Waals surface area contributed by atoms with Crippen molar-refractivity contribution in [3.63, 3.8) is 0 Å². The molecule has 0 aromatic heterocycles. The van der Waals surface area contributed by atoms with Crippen LogP contribution in [0.2, 0.25) is 18.1 Å². The molecular weight excluding hydrogens is 410 g/mol. The van der Waals surface area contributed by atoms with E-state index < -0.39 is 50.9 Å². The summed E-state index contributed by atoms with van der Waals surface area (Å²) in [6.07, 6.45) is -3.09. The van der Waals surface area contributed by atoms with Gasteiger partial charge in [0.05, 0.1) is 6.61 Å². The molecule has 10 nitrogen and oxygen atoms in total. The Morgan fingerprint density at radius 2 is 1.70 bits per heavy atom. The number of nitrogens with zero attached hydrogens (tertiary/aromatic N) is 3. The van der Waals surface area contributed by atoms with Crippen molar-refractivity contribution in [1.29, 1.82) is 0 Å². The Balaban J connectivity index is 3.27. The monoisotopic (exact) mass is 445 g/mol. The predicted molar refractivity (Wildman–Crippen MR) is 112 cm³/mol. The average molecular weight is 446 g/mol. The number of hydrogen-bond donors (Lipinski definition) is 0. The van der Waals surface area contributed by atoms with Crippen LogP contribution in [0.1, 0.15) is 48.0 Å². The molecule has 0 radical (unpaired) electrons. The first kappa shape index (κ1) is 26.4. The molecule has 0 aliphatic carbocycles. The summed E-state index contributed by atoms with van der Waals surface area (Å²) in [4.78, 5) is 26.4. The second-order valence-corrected chi connectivity index (χ2v) is 13.6. The number of carbonyl (C=O) groups is 2. The van der Waals surface area contributed by atoms with Gasteiger partial charge < -0.3 is 23.4 Å². The highest BCUT2D eigenvalue weighted by Gasteiger charge is 2.51. The quantitative estimate of drug-likeness (QED) is 0.174. The van der Waals surface area contributed by atoms with Crippen LogP contribution in [0.5, 0.6) is 0 Å². The van der Waals surface area contributed by atoms with Crippen LogP contribution in [0.15, 0.2) is 5.11 Å². The minimum Gasteiger partial charge on any atom is -0.458 e. The van der Waals surface area contributed by atoms with E-state index in [1.807, 2.05) is 6.92 Å². The van der Waals surface area contributed by atoms with E-state index >= 15 is 0 Å². The molecule has 0 spiro atoms. The Labute approximate surface area is 179 Å². The van der Waals surface area contributed by atoms with E-state index in [9.17, 15) is 9.59 Å². The maximum atomic E-state index is 11.8. The lowest BCUT2D eigenvalue weighted by atomic mass is 9.97. The molecule has 1 saturated heterocycles. The van der Waals surface area contributed by atoms with Gasteiger partial charge in [0.1, 0.15) is 12.1 Å². The average Bonchev–Trinajstić information content (AvgIpc) is 2.61. The summed E-state index contributed by atoms with van der Waals surface area (Å²) in [6, 6.07) is -1.01. The fourth-order valence-electron chi connectivity index (χ4n) is 2.75. The molecule has 5 atom stereocenters. The van der Waals surface area contributed by atoms with E-state index in [0.29, 0.717) is 13.0 Å². The minimum absolute atomic E-state index is 0.0420. The van der Waals surface area contributed by atoms with Crippen molar-refractivity contribution in [3.8, 4) is 0 Å². The van der Waals surface area contributed by atoms with E-state index in [1.165, 1.54) is 13.8 Å². The third-order valence-corrected chi connectivity index (χ3v) is 9.81. The van der Waals surface area contributed by atoms with Crippen LogP contribution < -0.4 is 0 Å². The van der Waals surface area contributed by atoms with E-state index in [2.05, 4.69) is 43.9 Å². The van der Waals surface area contributed by atoms with Crippen LogP contribution in [0.4, 0.5) is 0 Å². The molecule has 0 N–H and O–H groups in total. The molecule has 0 bridgehead atoms. The van der Waals surface area contributed by atoms with Crippen LogP contribution in [0, 0.1) is 0 Å². The molecule has 1 aliphatic heterocycles. The van der Waals surface area contributed by atoms with Gasteiger partial charge in [-0.15, -0.1) is 0 Å². The molecule has 11 heteroatoms. The fourth-order valence-corrected chi connectivity index (χ4v) is 3.76. The second-order valence-electron chi connectivity index (χ2n) is 8.83. The van der Waals surface area contributed by atoms with Crippen molar-refractivity contribution < 1.29 is 33.0 Å². The van der Waals surface area contributed by atoms with Gasteiger partial charge in [-0.05, 0) is 30.1 Å². The smallest absolute Gasteiger partial charge is 0.303 e. The van der Waals surface area contributed by atoms with Crippen molar-refractivity contribution in [3.05, 3.63) is 10.4 Å². The zero-order valence-electron chi connectivity index (χ0n) is 19.2. The first-order valence-corrected chi connectivity index (χ1v) is 13.0. The molecule has 1 heterocycles. The zero-order valence-corrected chi connectivity index (χ0v) is 20.2. The first-order chi connectivity index (χ1) is 13.8. The summed E-state index contributed by atoms with van der Waals surface area (Å²) in [6.45, 7) is 15.4. The molecule has 0 aromatic carbocycles. The Hall–Kier alpha value is -1.65. The number of rotatable bonds is 9. The Morgan fingerprint density at radius 3 is 2.17 bits per heavy atom. The number of esters is 2. The summed E-state index contributed by atoms with van der Waals surface area (Å²) in [5.74, 6) is -1.18. The van der Waals surface area contributed by atoms with E-state index in [4.69, 9.17) is 28.9 Å². The Bertz CT molecular complexity index is 647. The summed E-state index contributed by atoms with van der Waals surface area (Å²) in [7, 11) is -2.14. The summed E-state index contributed by atoms with van der Waals surface area (Å²) in [5.41, 5.74) is 9.03. The minimum atomic E-state index is -2.14. The Morgan fingerprint density at radius 1 is 1.13 bits per heavy atom. The molecular formula is C19H35N3O7Si. The molecule has 172 valence electrons. The molecule has 1 fully saturated rings. The van der Waals surface area contributed by atoms with Crippen LogP contribution >= 0.6 is 0 Å². The topological polar surface area (TPSA) is 129 Å². The maximum Gasteiger partial charge on any atom is 0.303 e. The number of ether oxygens (including phenoxy) is 4. The highest BCUT2D eigenvalue weighted by Crippen LogP contribution is 2.37. The van der Waals surface area contributed by atoms with Gasteiger partial charge in [-0.2, -0.15) is 0 Å². The van der Waals surface area contributed by atoms with Crippen molar-refractivity contribution in [2.75, 3.05) is 13.2 Å². The van der Waals surface area contributed by atoms with Crippen LogP contribution in [-0.2, 0) is 33.0 Å². The van der Waals surface area contributed by atoms with E-state index in [0.717, 1.165) is 0 Å². The van der Waals surface area contributed by atoms with Crippen molar-refractivity contribution >= 4 is 20.3 Å². The highest BCUT2D eigenvalue weighted by molar-refractivity contribution is 6.74. The lowest BCUT2D eigenvalue weighted by Crippen LogP contribution is -2.61. The number of carbonyl (C=O) groups excluding carboxylic acids is 2. The van der Waals surface area contributed by atoms with Crippen LogP contribution in [-0.4, -0.2) is 64.1 Å². The molecule has 30 heavy (non-hydrogen) atoms. The molecule has 1 aliphatic rings. The normalized spacial score (nSPS) is 27.1. The third kappa shape index (κ3) is 7.24. The standard InChI is InChI=1S/C19H35N3O7Si/c1-9-10-25-18-15(21-22-20)17(28-13(3)24)16(27-12(2)23)14(29-18)11-26-30(7,8)19(4,5)6/h14-18H,9-11H2,1-8H3/t14?,15?,16-,17-,18+/m1/s1. The van der Waals surface area contributed by atoms with E-state index in [-0.39, 0.29) is 11.6 Å². The zero-order chi connectivity index (χ0) is 23.1. The van der Waals surface area contributed by atoms with Gasteiger partial charge in [-0.25, -0.2) is 0 Å². The largest absolute Gasteiger partial charge is 0.458 e. The fraction of sp³-hybridized carbons (Fsp3) is 0.895. The lowest BCUT2D eigenvalue weighted by molar-refractivity contribution is -0.271. The summed E-state index contributed by atoms with van der Waals surface area (Å²) >= 11 is 0. The summed E-state index contributed by atoms with van der Waals surface area (Å²) in [5, 5.41) is 3.68. The van der Waals surface area contributed by atoms with Gasteiger partial charge in [0.25, 0.3) is 0 Å². The van der Waals surface area contributed by atoms with Gasteiger partial charge in [-0.3, -0.25) is 9.59 Å². The van der Waals surface area contributed by atoms with Gasteiger partial charge in [0.2, 0.25) is 0 Å². The second kappa shape index (κ2) is 11.1. The van der Waals surface area contributed by atoms with Gasteiger partial charge in [0.15, 0.2) is 26.8 Å². The number of azide groups is 1. The number of hydrogen-bond acceptors (Lipinski definition) is 8. The van der Waals surface area contributed by atoms with Crippen molar-refractivity contribution in [2.45, 2.75) is 96.7 Å². The van der Waals surface area contributed by atoms with Gasteiger partial charge in [-0.1, -0.05) is 32.8 Å². The molecule has 1 rings (SSSR count). The summed E-state index contributed by atoms with van der Waals surface area (Å²) < 4.78 is 28.9. The van der Waals surface area contributed by atoms with Crippen molar-refractivity contribution in [1.82, 2.24) is 0 Å². The molecule has 2 unspecified atom stereocenters. The Kier molecular flexibility index (Phi) is 9.76. The maximum absolute atomic E-state index is 11.8. The van der Waals surface area contributed by atoms with Gasteiger partial charge >= 0.3 is 11.9 Å². The SMILES string of the molecule is CCCO[C@H]1OC(CO[Si](C)(C)C(C)(C)C)[C@@H](OC(C)=O)[C@H](OC(C)=O)C1N=[N+]=[N-]. The van der Waals surface area contributed by atoms with Crippen molar-refractivity contribution in [2.24, 2.45) is 5.11 Å². The lowest BCUT2D eigenvalue weighted by Gasteiger charge is -2.45.